The Hall–Kier alpha value is -0.540. The average Bonchev–Trinajstić information content (AvgIpc) is 2.26. The van der Waals surface area contributed by atoms with Gasteiger partial charge < -0.3 is 5.32 Å². The number of rotatable bonds is 5. The highest BCUT2D eigenvalue weighted by Gasteiger charge is 2.06. The van der Waals surface area contributed by atoms with Gasteiger partial charge in [0.15, 0.2) is 0 Å². The summed E-state index contributed by atoms with van der Waals surface area (Å²) >= 11 is 9.31. The third-order valence-electron chi connectivity index (χ3n) is 2.22. The van der Waals surface area contributed by atoms with E-state index in [9.17, 15) is 4.79 Å². The molecule has 0 bridgehead atoms. The van der Waals surface area contributed by atoms with E-state index in [1.807, 2.05) is 18.2 Å². The van der Waals surface area contributed by atoms with Crippen molar-refractivity contribution in [3.8, 4) is 0 Å². The highest BCUT2D eigenvalue weighted by Crippen LogP contribution is 2.11. The molecule has 0 radical (unpaired) electrons. The van der Waals surface area contributed by atoms with E-state index in [4.69, 9.17) is 11.6 Å². The van der Waals surface area contributed by atoms with Crippen LogP contribution in [0.1, 0.15) is 18.9 Å². The lowest BCUT2D eigenvalue weighted by molar-refractivity contribution is -0.120. The predicted molar refractivity (Wildman–Crippen MR) is 71.2 cm³/mol. The van der Waals surface area contributed by atoms with Gasteiger partial charge in [0.1, 0.15) is 0 Å². The third kappa shape index (κ3) is 4.99. The highest BCUT2D eigenvalue weighted by molar-refractivity contribution is 9.09. The Bertz CT molecular complexity index is 357. The van der Waals surface area contributed by atoms with Crippen LogP contribution in [0.15, 0.2) is 24.3 Å². The van der Waals surface area contributed by atoms with Gasteiger partial charge in [-0.25, -0.2) is 0 Å². The summed E-state index contributed by atoms with van der Waals surface area (Å²) in [5, 5.41) is 3.54. The maximum Gasteiger partial charge on any atom is 0.224 e. The molecule has 0 saturated heterocycles. The Morgan fingerprint density at radius 3 is 2.94 bits per heavy atom. The molecule has 1 aromatic carbocycles. The molecule has 0 fully saturated rings. The molecule has 0 aliphatic carbocycles. The maximum atomic E-state index is 11.6. The van der Waals surface area contributed by atoms with Crippen molar-refractivity contribution in [3.05, 3.63) is 34.9 Å². The van der Waals surface area contributed by atoms with E-state index in [-0.39, 0.29) is 5.91 Å². The normalized spacial score (nSPS) is 12.2. The van der Waals surface area contributed by atoms with Crippen LogP contribution in [0.5, 0.6) is 0 Å². The zero-order chi connectivity index (χ0) is 12.0. The van der Waals surface area contributed by atoms with E-state index >= 15 is 0 Å². The monoisotopic (exact) mass is 303 g/mol. The van der Waals surface area contributed by atoms with Gasteiger partial charge in [0.25, 0.3) is 0 Å². The molecule has 2 nitrogen and oxygen atoms in total. The van der Waals surface area contributed by atoms with Crippen LogP contribution in [-0.2, 0) is 11.2 Å². The number of halogens is 2. The van der Waals surface area contributed by atoms with Crippen LogP contribution in [-0.4, -0.2) is 17.3 Å². The number of amides is 1. The first-order valence-electron chi connectivity index (χ1n) is 5.27. The first-order chi connectivity index (χ1) is 7.61. The van der Waals surface area contributed by atoms with Crippen LogP contribution in [0, 0.1) is 0 Å². The lowest BCUT2D eigenvalue weighted by Gasteiger charge is -2.08. The molecule has 4 heteroatoms. The predicted octanol–water partition coefficient (Wildman–Crippen LogP) is 3.17. The summed E-state index contributed by atoms with van der Waals surface area (Å²) in [4.78, 5) is 11.9. The SMILES string of the molecule is CCC(Br)CNC(=O)Cc1cccc(Cl)c1. The number of benzene rings is 1. The van der Waals surface area contributed by atoms with Gasteiger partial charge in [-0.1, -0.05) is 46.6 Å². The van der Waals surface area contributed by atoms with Crippen molar-refractivity contribution >= 4 is 33.4 Å². The van der Waals surface area contributed by atoms with Crippen molar-refractivity contribution in [2.75, 3.05) is 6.54 Å². The molecular weight excluding hydrogens is 289 g/mol. The largest absolute Gasteiger partial charge is 0.355 e. The number of nitrogens with one attached hydrogen (secondary N) is 1. The molecule has 16 heavy (non-hydrogen) atoms. The molecule has 0 aromatic heterocycles. The van der Waals surface area contributed by atoms with Gasteiger partial charge in [0.05, 0.1) is 6.42 Å². The Kier molecular flexibility index (Phi) is 5.85. The third-order valence-corrected chi connectivity index (χ3v) is 3.42. The van der Waals surface area contributed by atoms with E-state index in [2.05, 4.69) is 28.2 Å². The van der Waals surface area contributed by atoms with Gasteiger partial charge >= 0.3 is 0 Å². The van der Waals surface area contributed by atoms with Gasteiger partial charge in [-0.3, -0.25) is 4.79 Å². The molecule has 0 saturated carbocycles. The minimum atomic E-state index is 0.0279. The minimum absolute atomic E-state index is 0.0279. The number of carbonyl (C=O) groups excluding carboxylic acids is 1. The van der Waals surface area contributed by atoms with Crippen molar-refractivity contribution in [2.45, 2.75) is 24.6 Å². The highest BCUT2D eigenvalue weighted by atomic mass is 79.9. The van der Waals surface area contributed by atoms with Crippen molar-refractivity contribution in [3.63, 3.8) is 0 Å². The summed E-state index contributed by atoms with van der Waals surface area (Å²) in [6.45, 7) is 2.73. The number of alkyl halides is 1. The van der Waals surface area contributed by atoms with Crippen LogP contribution in [0.2, 0.25) is 5.02 Å². The summed E-state index contributed by atoms with van der Waals surface area (Å²) in [7, 11) is 0. The molecule has 0 heterocycles. The second kappa shape index (κ2) is 6.92. The zero-order valence-corrected chi connectivity index (χ0v) is 11.5. The van der Waals surface area contributed by atoms with Crippen molar-refractivity contribution in [1.82, 2.24) is 5.32 Å². The second-order valence-corrected chi connectivity index (χ2v) is 5.35. The molecular formula is C12H15BrClNO. The molecule has 1 atom stereocenters. The Morgan fingerprint density at radius 1 is 1.56 bits per heavy atom. The van der Waals surface area contributed by atoms with Gasteiger partial charge in [0, 0.05) is 16.4 Å². The van der Waals surface area contributed by atoms with Crippen molar-refractivity contribution < 1.29 is 4.79 Å². The number of hydrogen-bond acceptors (Lipinski definition) is 1. The fourth-order valence-electron chi connectivity index (χ4n) is 1.26. The van der Waals surface area contributed by atoms with Crippen LogP contribution in [0.4, 0.5) is 0 Å². The van der Waals surface area contributed by atoms with Crippen molar-refractivity contribution in [1.29, 1.82) is 0 Å². The lowest BCUT2D eigenvalue weighted by atomic mass is 10.1. The molecule has 1 amide bonds. The Labute approximate surface area is 110 Å². The standard InChI is InChI=1S/C12H15BrClNO/c1-2-10(13)8-15-12(16)7-9-4-3-5-11(14)6-9/h3-6,10H,2,7-8H2,1H3,(H,15,16). The smallest absolute Gasteiger partial charge is 0.224 e. The Balaban J connectivity index is 2.40. The second-order valence-electron chi connectivity index (χ2n) is 3.62. The van der Waals surface area contributed by atoms with E-state index in [0.29, 0.717) is 22.8 Å². The quantitative estimate of drug-likeness (QED) is 0.832. The fraction of sp³-hybridized carbons (Fsp3) is 0.417. The lowest BCUT2D eigenvalue weighted by Crippen LogP contribution is -2.30. The van der Waals surface area contributed by atoms with Gasteiger partial charge in [0.2, 0.25) is 5.91 Å². The van der Waals surface area contributed by atoms with Gasteiger partial charge in [-0.05, 0) is 24.1 Å². The molecule has 0 aliphatic rings. The molecule has 0 aliphatic heterocycles. The summed E-state index contributed by atoms with van der Waals surface area (Å²) < 4.78 is 0. The summed E-state index contributed by atoms with van der Waals surface area (Å²) in [5.41, 5.74) is 0.938. The molecule has 1 unspecified atom stereocenters. The molecule has 0 spiro atoms. The zero-order valence-electron chi connectivity index (χ0n) is 9.17. The topological polar surface area (TPSA) is 29.1 Å². The van der Waals surface area contributed by atoms with Gasteiger partial charge in [-0.2, -0.15) is 0 Å². The van der Waals surface area contributed by atoms with Crippen LogP contribution in [0.25, 0.3) is 0 Å². The summed E-state index contributed by atoms with van der Waals surface area (Å²) in [6, 6.07) is 7.36. The maximum absolute atomic E-state index is 11.6. The van der Waals surface area contributed by atoms with Crippen LogP contribution < -0.4 is 5.32 Å². The molecule has 1 aromatic rings. The minimum Gasteiger partial charge on any atom is -0.355 e. The van der Waals surface area contributed by atoms with E-state index in [0.717, 1.165) is 12.0 Å². The summed E-state index contributed by atoms with van der Waals surface area (Å²) in [5.74, 6) is 0.0279. The molecule has 88 valence electrons. The molecule has 1 rings (SSSR count). The summed E-state index contributed by atoms with van der Waals surface area (Å²) in [6.07, 6.45) is 1.38. The average molecular weight is 305 g/mol. The van der Waals surface area contributed by atoms with Gasteiger partial charge in [-0.15, -0.1) is 0 Å². The van der Waals surface area contributed by atoms with Crippen LogP contribution >= 0.6 is 27.5 Å². The first-order valence-corrected chi connectivity index (χ1v) is 6.56. The fourth-order valence-corrected chi connectivity index (χ4v) is 1.64. The Morgan fingerprint density at radius 2 is 2.31 bits per heavy atom. The van der Waals surface area contributed by atoms with E-state index in [1.54, 1.807) is 6.07 Å². The number of hydrogen-bond donors (Lipinski definition) is 1. The molecule has 1 N–H and O–H groups in total. The van der Waals surface area contributed by atoms with Crippen LogP contribution in [0.3, 0.4) is 0 Å². The van der Waals surface area contributed by atoms with E-state index < -0.39 is 0 Å². The first kappa shape index (κ1) is 13.5. The van der Waals surface area contributed by atoms with E-state index in [1.165, 1.54) is 0 Å². The van der Waals surface area contributed by atoms with Crippen molar-refractivity contribution in [2.24, 2.45) is 0 Å². The number of carbonyl (C=O) groups is 1.